The van der Waals surface area contributed by atoms with E-state index in [0.29, 0.717) is 25.2 Å². The summed E-state index contributed by atoms with van der Waals surface area (Å²) in [5.41, 5.74) is 2.15. The van der Waals surface area contributed by atoms with Crippen molar-refractivity contribution in [2.45, 2.75) is 26.6 Å². The third-order valence-corrected chi connectivity index (χ3v) is 3.13. The van der Waals surface area contributed by atoms with Crippen molar-refractivity contribution in [3.63, 3.8) is 0 Å². The maximum absolute atomic E-state index is 12.1. The van der Waals surface area contributed by atoms with E-state index < -0.39 is 6.29 Å². The van der Waals surface area contributed by atoms with Crippen LogP contribution in [0.1, 0.15) is 29.8 Å². The summed E-state index contributed by atoms with van der Waals surface area (Å²) < 4.78 is 10.7. The van der Waals surface area contributed by atoms with Crippen LogP contribution in [0.4, 0.5) is 5.69 Å². The number of ether oxygens (including phenoxy) is 2. The highest BCUT2D eigenvalue weighted by molar-refractivity contribution is 6.01. The second kappa shape index (κ2) is 7.19. The van der Waals surface area contributed by atoms with Gasteiger partial charge in [-0.3, -0.25) is 9.59 Å². The molecule has 2 rings (SSSR count). The summed E-state index contributed by atoms with van der Waals surface area (Å²) in [5, 5.41) is 5.51. The van der Waals surface area contributed by atoms with E-state index in [-0.39, 0.29) is 18.4 Å². The third-order valence-electron chi connectivity index (χ3n) is 3.13. The quantitative estimate of drug-likeness (QED) is 0.743. The standard InChI is InChI=1S/C15H20N2O4/c1-3-20-14(21-4-2)9-16-15(19)10-5-6-12-11(7-10)8-13(18)17-12/h5-7,14H,3-4,8-9H2,1-2H3,(H,16,19)(H,17,18). The SMILES string of the molecule is CCOC(CNC(=O)c1ccc2c(c1)CC(=O)N2)OCC. The average Bonchev–Trinajstić information content (AvgIpc) is 2.84. The minimum atomic E-state index is -0.443. The highest BCUT2D eigenvalue weighted by Crippen LogP contribution is 2.23. The second-order valence-corrected chi connectivity index (χ2v) is 4.65. The maximum Gasteiger partial charge on any atom is 0.251 e. The van der Waals surface area contributed by atoms with Crippen molar-refractivity contribution >= 4 is 17.5 Å². The number of hydrogen-bond acceptors (Lipinski definition) is 4. The van der Waals surface area contributed by atoms with Gasteiger partial charge >= 0.3 is 0 Å². The molecule has 0 saturated heterocycles. The fourth-order valence-corrected chi connectivity index (χ4v) is 2.19. The largest absolute Gasteiger partial charge is 0.351 e. The first-order valence-electron chi connectivity index (χ1n) is 7.08. The molecular formula is C15H20N2O4. The molecule has 0 bridgehead atoms. The van der Waals surface area contributed by atoms with Gasteiger partial charge in [0, 0.05) is 24.5 Å². The minimum absolute atomic E-state index is 0.0460. The molecule has 6 nitrogen and oxygen atoms in total. The molecule has 1 aliphatic rings. The number of anilines is 1. The van der Waals surface area contributed by atoms with Crippen LogP contribution in [0.3, 0.4) is 0 Å². The molecule has 21 heavy (non-hydrogen) atoms. The van der Waals surface area contributed by atoms with Gasteiger partial charge < -0.3 is 20.1 Å². The fraction of sp³-hybridized carbons (Fsp3) is 0.467. The molecule has 0 unspecified atom stereocenters. The molecule has 0 fully saturated rings. The molecule has 1 aliphatic heterocycles. The van der Waals surface area contributed by atoms with Crippen LogP contribution in [0.15, 0.2) is 18.2 Å². The van der Waals surface area contributed by atoms with Gasteiger partial charge in [-0.2, -0.15) is 0 Å². The number of amides is 2. The molecular weight excluding hydrogens is 272 g/mol. The lowest BCUT2D eigenvalue weighted by Gasteiger charge is -2.17. The Morgan fingerprint density at radius 2 is 2.05 bits per heavy atom. The Bertz CT molecular complexity index is 524. The van der Waals surface area contributed by atoms with E-state index in [9.17, 15) is 9.59 Å². The minimum Gasteiger partial charge on any atom is -0.351 e. The second-order valence-electron chi connectivity index (χ2n) is 4.65. The molecule has 1 heterocycles. The number of rotatable bonds is 7. The van der Waals surface area contributed by atoms with Crippen LogP contribution < -0.4 is 10.6 Å². The van der Waals surface area contributed by atoms with Gasteiger partial charge in [-0.15, -0.1) is 0 Å². The summed E-state index contributed by atoms with van der Waals surface area (Å²) in [4.78, 5) is 23.4. The Kier molecular flexibility index (Phi) is 5.30. The van der Waals surface area contributed by atoms with Crippen molar-refractivity contribution in [3.05, 3.63) is 29.3 Å². The van der Waals surface area contributed by atoms with Crippen LogP contribution in [0.25, 0.3) is 0 Å². The van der Waals surface area contributed by atoms with Gasteiger partial charge in [-0.05, 0) is 37.6 Å². The predicted octanol–water partition coefficient (Wildman–Crippen LogP) is 1.31. The summed E-state index contributed by atoms with van der Waals surface area (Å²) in [6, 6.07) is 5.17. The first-order valence-corrected chi connectivity index (χ1v) is 7.08. The topological polar surface area (TPSA) is 76.7 Å². The molecule has 1 aromatic carbocycles. The number of nitrogens with one attached hydrogen (secondary N) is 2. The zero-order valence-electron chi connectivity index (χ0n) is 12.3. The van der Waals surface area contributed by atoms with Crippen LogP contribution in [-0.4, -0.2) is 37.9 Å². The Hall–Kier alpha value is -1.92. The first-order chi connectivity index (χ1) is 10.1. The fourth-order valence-electron chi connectivity index (χ4n) is 2.19. The van der Waals surface area contributed by atoms with Crippen LogP contribution >= 0.6 is 0 Å². The highest BCUT2D eigenvalue weighted by atomic mass is 16.7. The van der Waals surface area contributed by atoms with Crippen LogP contribution in [0, 0.1) is 0 Å². The molecule has 0 spiro atoms. The zero-order valence-corrected chi connectivity index (χ0v) is 12.3. The molecule has 0 atom stereocenters. The zero-order chi connectivity index (χ0) is 15.2. The van der Waals surface area contributed by atoms with Crippen molar-refractivity contribution in [1.29, 1.82) is 0 Å². The summed E-state index contributed by atoms with van der Waals surface area (Å²) in [7, 11) is 0. The molecule has 0 aliphatic carbocycles. The van der Waals surface area contributed by atoms with Gasteiger partial charge in [-0.25, -0.2) is 0 Å². The Balaban J connectivity index is 1.94. The molecule has 0 radical (unpaired) electrons. The Labute approximate surface area is 123 Å². The van der Waals surface area contributed by atoms with E-state index >= 15 is 0 Å². The lowest BCUT2D eigenvalue weighted by Crippen LogP contribution is -2.35. The molecule has 1 aromatic rings. The van der Waals surface area contributed by atoms with Gasteiger partial charge in [0.25, 0.3) is 5.91 Å². The number of fused-ring (bicyclic) bond motifs is 1. The monoisotopic (exact) mass is 292 g/mol. The molecule has 114 valence electrons. The molecule has 2 N–H and O–H groups in total. The predicted molar refractivity (Wildman–Crippen MR) is 78.1 cm³/mol. The van der Waals surface area contributed by atoms with Gasteiger partial charge in [0.15, 0.2) is 6.29 Å². The first kappa shape index (κ1) is 15.5. The number of carbonyl (C=O) groups is 2. The van der Waals surface area contributed by atoms with E-state index in [4.69, 9.17) is 9.47 Å². The molecule has 2 amide bonds. The number of hydrogen-bond donors (Lipinski definition) is 2. The highest BCUT2D eigenvalue weighted by Gasteiger charge is 2.19. The summed E-state index contributed by atoms with van der Waals surface area (Å²) in [6.07, 6.45) is -0.127. The lowest BCUT2D eigenvalue weighted by molar-refractivity contribution is -0.131. The van der Waals surface area contributed by atoms with E-state index in [0.717, 1.165) is 11.3 Å². The van der Waals surface area contributed by atoms with E-state index in [1.807, 2.05) is 13.8 Å². The lowest BCUT2D eigenvalue weighted by atomic mass is 10.1. The normalized spacial score (nSPS) is 13.2. The summed E-state index contributed by atoms with van der Waals surface area (Å²) >= 11 is 0. The van der Waals surface area contributed by atoms with Crippen molar-refractivity contribution < 1.29 is 19.1 Å². The number of carbonyl (C=O) groups excluding carboxylic acids is 2. The number of benzene rings is 1. The van der Waals surface area contributed by atoms with Crippen LogP contribution in [0.5, 0.6) is 0 Å². The van der Waals surface area contributed by atoms with Gasteiger partial charge in [0.05, 0.1) is 13.0 Å². The molecule has 6 heteroatoms. The molecule has 0 aromatic heterocycles. The Morgan fingerprint density at radius 1 is 1.33 bits per heavy atom. The van der Waals surface area contributed by atoms with Crippen molar-refractivity contribution in [2.24, 2.45) is 0 Å². The van der Waals surface area contributed by atoms with Crippen molar-refractivity contribution in [3.8, 4) is 0 Å². The maximum atomic E-state index is 12.1. The van der Waals surface area contributed by atoms with Crippen molar-refractivity contribution in [2.75, 3.05) is 25.1 Å². The van der Waals surface area contributed by atoms with Gasteiger partial charge in [0.2, 0.25) is 5.91 Å². The molecule has 0 saturated carbocycles. The van der Waals surface area contributed by atoms with Gasteiger partial charge in [0.1, 0.15) is 0 Å². The summed E-state index contributed by atoms with van der Waals surface area (Å²) in [6.45, 7) is 5.08. The van der Waals surface area contributed by atoms with E-state index in [1.165, 1.54) is 0 Å². The van der Waals surface area contributed by atoms with Crippen molar-refractivity contribution in [1.82, 2.24) is 5.32 Å². The third kappa shape index (κ3) is 4.03. The Morgan fingerprint density at radius 3 is 2.71 bits per heavy atom. The van der Waals surface area contributed by atoms with Crippen LogP contribution in [0.2, 0.25) is 0 Å². The smallest absolute Gasteiger partial charge is 0.251 e. The van der Waals surface area contributed by atoms with E-state index in [1.54, 1.807) is 18.2 Å². The van der Waals surface area contributed by atoms with E-state index in [2.05, 4.69) is 10.6 Å². The van der Waals surface area contributed by atoms with Gasteiger partial charge in [-0.1, -0.05) is 0 Å². The summed E-state index contributed by atoms with van der Waals surface area (Å²) in [5.74, 6) is -0.253. The average molecular weight is 292 g/mol. The van der Waals surface area contributed by atoms with Crippen LogP contribution in [-0.2, 0) is 20.7 Å².